The molecule has 9 heteroatoms. The Kier molecular flexibility index (Phi) is 8.49. The highest BCUT2D eigenvalue weighted by molar-refractivity contribution is 5.95. The number of nitrogens with one attached hydrogen (secondary N) is 2. The SMILES string of the molecule is CCOC(=O)c1ccc(NC(=O)COC(=O)CCC(=O)Nc2ccc(F)cc2)cc1. The largest absolute Gasteiger partial charge is 0.462 e. The number of carbonyl (C=O) groups is 4. The fourth-order valence-electron chi connectivity index (χ4n) is 2.29. The Balaban J connectivity index is 1.68. The molecular formula is C21H21FN2O6. The first kappa shape index (κ1) is 22.5. The number of hydrogen-bond acceptors (Lipinski definition) is 6. The Bertz CT molecular complexity index is 897. The molecule has 2 amide bonds. The predicted octanol–water partition coefficient (Wildman–Crippen LogP) is 2.90. The van der Waals surface area contributed by atoms with E-state index in [0.29, 0.717) is 16.9 Å². The van der Waals surface area contributed by atoms with Crippen molar-refractivity contribution in [3.05, 3.63) is 59.9 Å². The molecule has 0 radical (unpaired) electrons. The molecule has 0 aromatic heterocycles. The molecule has 0 spiro atoms. The van der Waals surface area contributed by atoms with E-state index in [1.54, 1.807) is 6.92 Å². The summed E-state index contributed by atoms with van der Waals surface area (Å²) >= 11 is 0. The van der Waals surface area contributed by atoms with Crippen LogP contribution in [0.3, 0.4) is 0 Å². The summed E-state index contributed by atoms with van der Waals surface area (Å²) in [5.41, 5.74) is 1.17. The van der Waals surface area contributed by atoms with Gasteiger partial charge in [-0.2, -0.15) is 0 Å². The van der Waals surface area contributed by atoms with Gasteiger partial charge in [0, 0.05) is 17.8 Å². The predicted molar refractivity (Wildman–Crippen MR) is 106 cm³/mol. The molecule has 0 saturated heterocycles. The summed E-state index contributed by atoms with van der Waals surface area (Å²) in [6, 6.07) is 11.2. The maximum Gasteiger partial charge on any atom is 0.338 e. The van der Waals surface area contributed by atoms with Crippen LogP contribution in [0.25, 0.3) is 0 Å². The molecular weight excluding hydrogens is 395 g/mol. The van der Waals surface area contributed by atoms with E-state index >= 15 is 0 Å². The first-order chi connectivity index (χ1) is 14.4. The van der Waals surface area contributed by atoms with E-state index in [1.807, 2.05) is 0 Å². The van der Waals surface area contributed by atoms with Crippen LogP contribution in [0, 0.1) is 5.82 Å². The number of carbonyl (C=O) groups excluding carboxylic acids is 4. The minimum Gasteiger partial charge on any atom is -0.462 e. The second kappa shape index (κ2) is 11.3. The molecule has 2 N–H and O–H groups in total. The van der Waals surface area contributed by atoms with Crippen LogP contribution in [0.2, 0.25) is 0 Å². The Morgan fingerprint density at radius 3 is 1.97 bits per heavy atom. The van der Waals surface area contributed by atoms with Gasteiger partial charge in [-0.25, -0.2) is 9.18 Å². The Morgan fingerprint density at radius 1 is 0.800 bits per heavy atom. The summed E-state index contributed by atoms with van der Waals surface area (Å²) in [4.78, 5) is 46.9. The molecule has 30 heavy (non-hydrogen) atoms. The number of amides is 2. The normalized spacial score (nSPS) is 10.1. The van der Waals surface area contributed by atoms with Gasteiger partial charge < -0.3 is 20.1 Å². The topological polar surface area (TPSA) is 111 Å². The molecule has 2 aromatic rings. The zero-order chi connectivity index (χ0) is 21.9. The molecule has 0 saturated carbocycles. The van der Waals surface area contributed by atoms with Crippen LogP contribution in [0.1, 0.15) is 30.1 Å². The highest BCUT2D eigenvalue weighted by atomic mass is 19.1. The van der Waals surface area contributed by atoms with Crippen molar-refractivity contribution >= 4 is 35.1 Å². The van der Waals surface area contributed by atoms with Gasteiger partial charge in [0.25, 0.3) is 5.91 Å². The third kappa shape index (κ3) is 7.70. The molecule has 0 heterocycles. The van der Waals surface area contributed by atoms with Crippen LogP contribution in [-0.4, -0.2) is 37.0 Å². The Morgan fingerprint density at radius 2 is 1.37 bits per heavy atom. The van der Waals surface area contributed by atoms with E-state index in [9.17, 15) is 23.6 Å². The number of hydrogen-bond donors (Lipinski definition) is 2. The van der Waals surface area contributed by atoms with Crippen LogP contribution in [0.15, 0.2) is 48.5 Å². The third-order valence-electron chi connectivity index (χ3n) is 3.73. The Labute approximate surface area is 172 Å². The van der Waals surface area contributed by atoms with Crippen LogP contribution < -0.4 is 10.6 Å². The van der Waals surface area contributed by atoms with Crippen molar-refractivity contribution < 1.29 is 33.0 Å². The van der Waals surface area contributed by atoms with Gasteiger partial charge in [0.05, 0.1) is 18.6 Å². The van der Waals surface area contributed by atoms with Gasteiger partial charge in [0.2, 0.25) is 5.91 Å². The summed E-state index contributed by atoms with van der Waals surface area (Å²) in [7, 11) is 0. The van der Waals surface area contributed by atoms with E-state index in [-0.39, 0.29) is 19.4 Å². The minimum atomic E-state index is -0.711. The lowest BCUT2D eigenvalue weighted by atomic mass is 10.2. The molecule has 0 aliphatic heterocycles. The molecule has 0 atom stereocenters. The molecule has 2 aromatic carbocycles. The summed E-state index contributed by atoms with van der Waals surface area (Å²) in [6.07, 6.45) is -0.359. The number of esters is 2. The maximum absolute atomic E-state index is 12.8. The molecule has 0 aliphatic rings. The maximum atomic E-state index is 12.8. The van der Waals surface area contributed by atoms with E-state index in [4.69, 9.17) is 9.47 Å². The standard InChI is InChI=1S/C21H21FN2O6/c1-2-29-21(28)14-3-7-16(8-4-14)24-19(26)13-30-20(27)12-11-18(25)23-17-9-5-15(22)6-10-17/h3-10H,2,11-13H2,1H3,(H,23,25)(H,24,26). The van der Waals surface area contributed by atoms with Crippen molar-refractivity contribution in [2.45, 2.75) is 19.8 Å². The van der Waals surface area contributed by atoms with Crippen LogP contribution in [0.5, 0.6) is 0 Å². The smallest absolute Gasteiger partial charge is 0.338 e. The fraction of sp³-hybridized carbons (Fsp3) is 0.238. The van der Waals surface area contributed by atoms with Gasteiger partial charge in [0.15, 0.2) is 6.61 Å². The third-order valence-corrected chi connectivity index (χ3v) is 3.73. The Hall–Kier alpha value is -3.75. The van der Waals surface area contributed by atoms with Crippen molar-refractivity contribution in [1.82, 2.24) is 0 Å². The van der Waals surface area contributed by atoms with Crippen LogP contribution in [0.4, 0.5) is 15.8 Å². The average molecular weight is 416 g/mol. The van der Waals surface area contributed by atoms with E-state index in [0.717, 1.165) is 0 Å². The monoisotopic (exact) mass is 416 g/mol. The molecule has 0 fully saturated rings. The van der Waals surface area contributed by atoms with Crippen molar-refractivity contribution in [3.8, 4) is 0 Å². The zero-order valence-corrected chi connectivity index (χ0v) is 16.3. The first-order valence-corrected chi connectivity index (χ1v) is 9.15. The second-order valence-electron chi connectivity index (χ2n) is 6.06. The second-order valence-corrected chi connectivity index (χ2v) is 6.06. The minimum absolute atomic E-state index is 0.146. The molecule has 8 nitrogen and oxygen atoms in total. The lowest BCUT2D eigenvalue weighted by molar-refractivity contribution is -0.147. The van der Waals surface area contributed by atoms with Gasteiger partial charge >= 0.3 is 11.9 Å². The van der Waals surface area contributed by atoms with Crippen LogP contribution >= 0.6 is 0 Å². The van der Waals surface area contributed by atoms with E-state index < -0.39 is 36.2 Å². The van der Waals surface area contributed by atoms with Gasteiger partial charge in [-0.05, 0) is 55.5 Å². The first-order valence-electron chi connectivity index (χ1n) is 9.15. The van der Waals surface area contributed by atoms with Gasteiger partial charge in [0.1, 0.15) is 5.82 Å². The molecule has 0 aliphatic carbocycles. The number of rotatable bonds is 9. The number of ether oxygens (including phenoxy) is 2. The number of anilines is 2. The van der Waals surface area contributed by atoms with Crippen molar-refractivity contribution in [3.63, 3.8) is 0 Å². The van der Waals surface area contributed by atoms with Crippen LogP contribution in [-0.2, 0) is 23.9 Å². The molecule has 2 rings (SSSR count). The lowest BCUT2D eigenvalue weighted by Gasteiger charge is -2.08. The fourth-order valence-corrected chi connectivity index (χ4v) is 2.29. The van der Waals surface area contributed by atoms with E-state index in [1.165, 1.54) is 48.5 Å². The lowest BCUT2D eigenvalue weighted by Crippen LogP contribution is -2.21. The number of halogens is 1. The van der Waals surface area contributed by atoms with Gasteiger partial charge in [-0.3, -0.25) is 14.4 Å². The number of benzene rings is 2. The summed E-state index contributed by atoms with van der Waals surface area (Å²) in [6.45, 7) is 1.44. The van der Waals surface area contributed by atoms with Crippen molar-refractivity contribution in [2.75, 3.05) is 23.8 Å². The highest BCUT2D eigenvalue weighted by Crippen LogP contribution is 2.11. The van der Waals surface area contributed by atoms with E-state index in [2.05, 4.69) is 10.6 Å². The molecule has 0 unspecified atom stereocenters. The molecule has 158 valence electrons. The zero-order valence-electron chi connectivity index (χ0n) is 16.3. The van der Waals surface area contributed by atoms with Crippen molar-refractivity contribution in [1.29, 1.82) is 0 Å². The summed E-state index contributed by atoms with van der Waals surface area (Å²) in [5.74, 6) is -2.61. The average Bonchev–Trinajstić information content (AvgIpc) is 2.73. The van der Waals surface area contributed by atoms with Gasteiger partial charge in [-0.1, -0.05) is 0 Å². The molecule has 0 bridgehead atoms. The van der Waals surface area contributed by atoms with Gasteiger partial charge in [-0.15, -0.1) is 0 Å². The van der Waals surface area contributed by atoms with Crippen molar-refractivity contribution in [2.24, 2.45) is 0 Å². The summed E-state index contributed by atoms with van der Waals surface area (Å²) < 4.78 is 22.5. The quantitative estimate of drug-likeness (QED) is 0.608. The summed E-state index contributed by atoms with van der Waals surface area (Å²) in [5, 5.41) is 5.04. The highest BCUT2D eigenvalue weighted by Gasteiger charge is 2.12.